The molecule has 0 spiro atoms. The number of fused-ring (bicyclic) bond motifs is 1. The Kier molecular flexibility index (Phi) is 8.84. The minimum Gasteiger partial charge on any atom is -0.492 e. The molecule has 0 saturated carbocycles. The first-order chi connectivity index (χ1) is 18.3. The van der Waals surface area contributed by atoms with Crippen molar-refractivity contribution in [1.82, 2.24) is 14.5 Å². The number of hydrogen-bond acceptors (Lipinski definition) is 4. The summed E-state index contributed by atoms with van der Waals surface area (Å²) in [5, 5.41) is 3.52. The summed E-state index contributed by atoms with van der Waals surface area (Å²) in [4.78, 5) is 34.3. The molecule has 7 nitrogen and oxygen atoms in total. The molecule has 1 unspecified atom stereocenters. The van der Waals surface area contributed by atoms with Crippen LogP contribution in [0.2, 0.25) is 0 Å². The lowest BCUT2D eigenvalue weighted by Gasteiger charge is -2.31. The maximum atomic E-state index is 13.9. The summed E-state index contributed by atoms with van der Waals surface area (Å²) >= 11 is 3.47. The Hall–Kier alpha value is -3.65. The first-order valence-corrected chi connectivity index (χ1v) is 13.7. The van der Waals surface area contributed by atoms with Crippen LogP contribution in [0.5, 0.6) is 5.75 Å². The number of ether oxygens (including phenoxy) is 1. The summed E-state index contributed by atoms with van der Waals surface area (Å²) in [7, 11) is 0. The second-order valence-electron chi connectivity index (χ2n) is 9.52. The van der Waals surface area contributed by atoms with E-state index in [1.165, 1.54) is 0 Å². The van der Waals surface area contributed by atoms with Gasteiger partial charge in [0.25, 0.3) is 5.56 Å². The van der Waals surface area contributed by atoms with E-state index in [1.54, 1.807) is 15.5 Å². The molecule has 1 aromatic heterocycles. The number of amides is 2. The Balaban J connectivity index is 1.86. The van der Waals surface area contributed by atoms with Gasteiger partial charge in [0.05, 0.1) is 29.2 Å². The Morgan fingerprint density at radius 1 is 1.05 bits per heavy atom. The lowest BCUT2D eigenvalue weighted by Crippen LogP contribution is -2.40. The number of carbonyl (C=O) groups is 1. The lowest BCUT2D eigenvalue weighted by molar-refractivity contribution is 0.185. The average molecular weight is 578 g/mol. The van der Waals surface area contributed by atoms with Crippen LogP contribution < -0.4 is 15.6 Å². The third-order valence-corrected chi connectivity index (χ3v) is 6.83. The number of nitrogens with one attached hydrogen (secondary N) is 1. The molecule has 2 amide bonds. The highest BCUT2D eigenvalue weighted by Gasteiger charge is 2.28. The summed E-state index contributed by atoms with van der Waals surface area (Å²) < 4.78 is 8.35. The molecule has 1 N–H and O–H groups in total. The SMILES string of the molecule is CCOc1ccccc1-n1c(C(C)N(CCC(C)C)C(=O)Nc2cccc(Br)c2)nc2ccccc2c1=O. The molecule has 38 heavy (non-hydrogen) atoms. The second-order valence-corrected chi connectivity index (χ2v) is 10.4. The van der Waals surface area contributed by atoms with E-state index in [1.807, 2.05) is 80.6 Å². The van der Waals surface area contributed by atoms with Gasteiger partial charge in [0.15, 0.2) is 0 Å². The fourth-order valence-corrected chi connectivity index (χ4v) is 4.75. The van der Waals surface area contributed by atoms with Gasteiger partial charge in [-0.3, -0.25) is 9.36 Å². The van der Waals surface area contributed by atoms with Crippen LogP contribution in [0.25, 0.3) is 16.6 Å². The van der Waals surface area contributed by atoms with Crippen molar-refractivity contribution in [2.24, 2.45) is 5.92 Å². The highest BCUT2D eigenvalue weighted by Crippen LogP contribution is 2.29. The predicted molar refractivity (Wildman–Crippen MR) is 156 cm³/mol. The van der Waals surface area contributed by atoms with Crippen LogP contribution in [0, 0.1) is 5.92 Å². The Bertz CT molecular complexity index is 1480. The molecule has 0 aliphatic heterocycles. The molecule has 0 aliphatic carbocycles. The number of halogens is 1. The molecular weight excluding hydrogens is 544 g/mol. The van der Waals surface area contributed by atoms with Crippen molar-refractivity contribution < 1.29 is 9.53 Å². The van der Waals surface area contributed by atoms with Gasteiger partial charge in [0.2, 0.25) is 0 Å². The van der Waals surface area contributed by atoms with E-state index in [2.05, 4.69) is 35.1 Å². The van der Waals surface area contributed by atoms with E-state index in [4.69, 9.17) is 9.72 Å². The molecule has 8 heteroatoms. The summed E-state index contributed by atoms with van der Waals surface area (Å²) in [6.45, 7) is 9.01. The number of nitrogens with zero attached hydrogens (tertiary/aromatic N) is 3. The molecule has 4 rings (SSSR count). The summed E-state index contributed by atoms with van der Waals surface area (Å²) in [5.41, 5.74) is 1.65. The second kappa shape index (κ2) is 12.3. The molecule has 0 fully saturated rings. The maximum absolute atomic E-state index is 13.9. The Morgan fingerprint density at radius 2 is 1.79 bits per heavy atom. The fourth-order valence-electron chi connectivity index (χ4n) is 4.35. The van der Waals surface area contributed by atoms with Gasteiger partial charge in [0.1, 0.15) is 11.6 Å². The number of anilines is 1. The van der Waals surface area contributed by atoms with Crippen molar-refractivity contribution in [1.29, 1.82) is 0 Å². The van der Waals surface area contributed by atoms with Gasteiger partial charge in [-0.2, -0.15) is 0 Å². The van der Waals surface area contributed by atoms with Crippen LogP contribution in [0.1, 0.15) is 46.0 Å². The van der Waals surface area contributed by atoms with Crippen molar-refractivity contribution >= 4 is 38.6 Å². The molecule has 0 aliphatic rings. The van der Waals surface area contributed by atoms with E-state index >= 15 is 0 Å². The van der Waals surface area contributed by atoms with Crippen molar-refractivity contribution in [3.63, 3.8) is 0 Å². The molecule has 0 saturated heterocycles. The van der Waals surface area contributed by atoms with Crippen molar-refractivity contribution in [2.45, 2.75) is 40.2 Å². The highest BCUT2D eigenvalue weighted by atomic mass is 79.9. The first kappa shape index (κ1) is 27.4. The standard InChI is InChI=1S/C30H33BrN4O3/c1-5-38-27-16-9-8-15-26(27)35-28(33-25-14-7-6-13-24(25)29(35)36)21(4)34(18-17-20(2)3)30(37)32-23-12-10-11-22(31)19-23/h6-16,19-21H,5,17-18H2,1-4H3,(H,32,37). The third-order valence-electron chi connectivity index (χ3n) is 6.33. The van der Waals surface area contributed by atoms with E-state index < -0.39 is 6.04 Å². The zero-order valence-corrected chi connectivity index (χ0v) is 23.7. The third kappa shape index (κ3) is 6.07. The highest BCUT2D eigenvalue weighted by molar-refractivity contribution is 9.10. The molecule has 0 bridgehead atoms. The van der Waals surface area contributed by atoms with Crippen LogP contribution in [0.3, 0.4) is 0 Å². The molecule has 198 valence electrons. The fraction of sp³-hybridized carbons (Fsp3) is 0.300. The van der Waals surface area contributed by atoms with Gasteiger partial charge in [0, 0.05) is 16.7 Å². The Labute approximate surface area is 231 Å². The number of hydrogen-bond donors (Lipinski definition) is 1. The van der Waals surface area contributed by atoms with Gasteiger partial charge in [-0.1, -0.05) is 60.1 Å². The number of urea groups is 1. The summed E-state index contributed by atoms with van der Waals surface area (Å²) in [5.74, 6) is 1.43. The van der Waals surface area contributed by atoms with E-state index in [0.717, 1.165) is 10.9 Å². The van der Waals surface area contributed by atoms with E-state index in [-0.39, 0.29) is 11.6 Å². The smallest absolute Gasteiger partial charge is 0.322 e. The maximum Gasteiger partial charge on any atom is 0.322 e. The minimum absolute atomic E-state index is 0.208. The van der Waals surface area contributed by atoms with Gasteiger partial charge >= 0.3 is 6.03 Å². The summed E-state index contributed by atoms with van der Waals surface area (Å²) in [6, 6.07) is 21.4. The van der Waals surface area contributed by atoms with Crippen molar-refractivity contribution in [3.8, 4) is 11.4 Å². The molecule has 0 radical (unpaired) electrons. The zero-order valence-electron chi connectivity index (χ0n) is 22.1. The quantitative estimate of drug-likeness (QED) is 0.229. The predicted octanol–water partition coefficient (Wildman–Crippen LogP) is 7.19. The van der Waals surface area contributed by atoms with Crippen molar-refractivity contribution in [2.75, 3.05) is 18.5 Å². The van der Waals surface area contributed by atoms with E-state index in [0.29, 0.717) is 52.9 Å². The molecule has 4 aromatic rings. The van der Waals surface area contributed by atoms with Crippen LogP contribution in [0.4, 0.5) is 10.5 Å². The molecule has 1 heterocycles. The number of aromatic nitrogens is 2. The van der Waals surface area contributed by atoms with Gasteiger partial charge in [-0.25, -0.2) is 9.78 Å². The molecule has 3 aromatic carbocycles. The minimum atomic E-state index is -0.520. The number of carbonyl (C=O) groups excluding carboxylic acids is 1. The normalized spacial score (nSPS) is 11.9. The van der Waals surface area contributed by atoms with Gasteiger partial charge < -0.3 is 15.0 Å². The first-order valence-electron chi connectivity index (χ1n) is 12.9. The lowest BCUT2D eigenvalue weighted by atomic mass is 10.1. The largest absolute Gasteiger partial charge is 0.492 e. The van der Waals surface area contributed by atoms with Crippen LogP contribution in [-0.4, -0.2) is 33.6 Å². The number of rotatable bonds is 9. The van der Waals surface area contributed by atoms with Crippen LogP contribution in [-0.2, 0) is 0 Å². The number of para-hydroxylation sites is 3. The zero-order chi connectivity index (χ0) is 27.2. The van der Waals surface area contributed by atoms with Gasteiger partial charge in [-0.15, -0.1) is 0 Å². The monoisotopic (exact) mass is 576 g/mol. The molecular formula is C30H33BrN4O3. The molecule has 1 atom stereocenters. The van der Waals surface area contributed by atoms with Crippen molar-refractivity contribution in [3.05, 3.63) is 93.4 Å². The topological polar surface area (TPSA) is 76.5 Å². The van der Waals surface area contributed by atoms with Crippen LogP contribution in [0.15, 0.2) is 82.1 Å². The van der Waals surface area contributed by atoms with Crippen LogP contribution >= 0.6 is 15.9 Å². The van der Waals surface area contributed by atoms with Gasteiger partial charge in [-0.05, 0) is 68.7 Å². The summed E-state index contributed by atoms with van der Waals surface area (Å²) in [6.07, 6.45) is 0.795. The number of benzene rings is 3. The average Bonchev–Trinajstić information content (AvgIpc) is 2.89. The van der Waals surface area contributed by atoms with E-state index in [9.17, 15) is 9.59 Å². The Morgan fingerprint density at radius 3 is 2.53 bits per heavy atom.